The predicted molar refractivity (Wildman–Crippen MR) is 78.2 cm³/mol. The van der Waals surface area contributed by atoms with Crippen molar-refractivity contribution in [3.8, 4) is 17.0 Å². The molecular weight excluding hydrogens is 305 g/mol. The number of halogens is 3. The average molecular weight is 318 g/mol. The largest absolute Gasteiger partial charge is 0.464 e. The number of rotatable bonds is 3. The van der Waals surface area contributed by atoms with Crippen molar-refractivity contribution in [2.24, 2.45) is 0 Å². The van der Waals surface area contributed by atoms with E-state index in [1.807, 2.05) is 18.2 Å². The van der Waals surface area contributed by atoms with Crippen molar-refractivity contribution in [1.82, 2.24) is 9.78 Å². The first-order chi connectivity index (χ1) is 11.0. The van der Waals surface area contributed by atoms with E-state index in [2.05, 4.69) is 5.10 Å². The molecule has 2 aromatic heterocycles. The zero-order valence-corrected chi connectivity index (χ0v) is 12.0. The molecule has 6 heteroatoms. The van der Waals surface area contributed by atoms with Crippen LogP contribution in [0.1, 0.15) is 30.1 Å². The third-order valence-corrected chi connectivity index (χ3v) is 3.94. The van der Waals surface area contributed by atoms with Gasteiger partial charge in [-0.25, -0.2) is 4.68 Å². The van der Waals surface area contributed by atoms with Crippen LogP contribution in [0.25, 0.3) is 17.0 Å². The van der Waals surface area contributed by atoms with Gasteiger partial charge in [0.25, 0.3) is 0 Å². The minimum Gasteiger partial charge on any atom is -0.464 e. The summed E-state index contributed by atoms with van der Waals surface area (Å²) in [5.74, 6) is 0.888. The van der Waals surface area contributed by atoms with Gasteiger partial charge in [-0.3, -0.25) is 0 Å². The maximum absolute atomic E-state index is 12.9. The molecule has 1 aromatic carbocycles. The number of hydrogen-bond acceptors (Lipinski definition) is 2. The number of benzene rings is 1. The molecule has 0 aliphatic heterocycles. The summed E-state index contributed by atoms with van der Waals surface area (Å²) in [5, 5.41) is 3.77. The van der Waals surface area contributed by atoms with Crippen molar-refractivity contribution in [2.45, 2.75) is 24.9 Å². The highest BCUT2D eigenvalue weighted by atomic mass is 19.4. The Hall–Kier alpha value is -2.50. The Labute approximate surface area is 130 Å². The summed E-state index contributed by atoms with van der Waals surface area (Å²) in [4.78, 5) is 0. The molecule has 2 heterocycles. The van der Waals surface area contributed by atoms with Crippen LogP contribution in [0, 0.1) is 0 Å². The van der Waals surface area contributed by atoms with E-state index in [0.717, 1.165) is 30.2 Å². The van der Waals surface area contributed by atoms with Crippen LogP contribution in [0.15, 0.2) is 53.1 Å². The van der Waals surface area contributed by atoms with E-state index in [1.165, 1.54) is 4.68 Å². The smallest absolute Gasteiger partial charge is 0.435 e. The van der Waals surface area contributed by atoms with E-state index in [-0.39, 0.29) is 5.92 Å². The monoisotopic (exact) mass is 318 g/mol. The van der Waals surface area contributed by atoms with E-state index < -0.39 is 11.9 Å². The summed E-state index contributed by atoms with van der Waals surface area (Å²) in [6, 6.07) is 11.9. The quantitative estimate of drug-likeness (QED) is 0.678. The van der Waals surface area contributed by atoms with Gasteiger partial charge in [-0.05, 0) is 55.3 Å². The van der Waals surface area contributed by atoms with Crippen LogP contribution in [0.4, 0.5) is 13.2 Å². The molecule has 0 atom stereocenters. The zero-order valence-electron chi connectivity index (χ0n) is 12.0. The molecule has 0 amide bonds. The molecule has 1 saturated carbocycles. The Balaban J connectivity index is 1.73. The fraction of sp³-hybridized carbons (Fsp3) is 0.235. The van der Waals surface area contributed by atoms with E-state index in [1.54, 1.807) is 24.5 Å². The fourth-order valence-electron chi connectivity index (χ4n) is 2.62. The lowest BCUT2D eigenvalue weighted by molar-refractivity contribution is -0.141. The molecule has 23 heavy (non-hydrogen) atoms. The Morgan fingerprint density at radius 3 is 2.39 bits per heavy atom. The standard InChI is InChI=1S/C17H13F3N2O/c18-17(19,20)16-10-14(11-3-4-11)22(21-16)13-7-5-12(6-8-13)15-2-1-9-23-15/h1-2,5-11H,3-4H2. The SMILES string of the molecule is FC(F)(F)c1cc(C2CC2)n(-c2ccc(-c3ccco3)cc2)n1. The van der Waals surface area contributed by atoms with Gasteiger partial charge in [-0.1, -0.05) is 0 Å². The highest BCUT2D eigenvalue weighted by Gasteiger charge is 2.38. The Morgan fingerprint density at radius 2 is 1.83 bits per heavy atom. The maximum Gasteiger partial charge on any atom is 0.435 e. The molecule has 1 fully saturated rings. The molecular formula is C17H13F3N2O. The molecule has 0 bridgehead atoms. The third kappa shape index (κ3) is 2.65. The van der Waals surface area contributed by atoms with Crippen molar-refractivity contribution >= 4 is 0 Å². The van der Waals surface area contributed by atoms with E-state index in [0.29, 0.717) is 11.4 Å². The lowest BCUT2D eigenvalue weighted by Gasteiger charge is -2.07. The minimum absolute atomic E-state index is 0.170. The van der Waals surface area contributed by atoms with E-state index >= 15 is 0 Å². The van der Waals surface area contributed by atoms with Gasteiger partial charge in [0.1, 0.15) is 5.76 Å². The maximum atomic E-state index is 12.9. The fourth-order valence-corrected chi connectivity index (χ4v) is 2.62. The predicted octanol–water partition coefficient (Wildman–Crippen LogP) is 5.03. The van der Waals surface area contributed by atoms with Gasteiger partial charge < -0.3 is 4.42 Å². The van der Waals surface area contributed by atoms with E-state index in [9.17, 15) is 13.2 Å². The normalized spacial score (nSPS) is 15.1. The van der Waals surface area contributed by atoms with Gasteiger partial charge in [0, 0.05) is 17.2 Å². The van der Waals surface area contributed by atoms with Crippen molar-refractivity contribution < 1.29 is 17.6 Å². The highest BCUT2D eigenvalue weighted by Crippen LogP contribution is 2.43. The number of nitrogens with zero attached hydrogens (tertiary/aromatic N) is 2. The van der Waals surface area contributed by atoms with Crippen LogP contribution in [0.3, 0.4) is 0 Å². The summed E-state index contributed by atoms with van der Waals surface area (Å²) >= 11 is 0. The highest BCUT2D eigenvalue weighted by molar-refractivity contribution is 5.59. The molecule has 0 radical (unpaired) electrons. The Kier molecular flexibility index (Phi) is 3.07. The Bertz CT molecular complexity index is 813. The molecule has 1 aliphatic rings. The van der Waals surface area contributed by atoms with Crippen LogP contribution in [-0.4, -0.2) is 9.78 Å². The molecule has 0 spiro atoms. The second-order valence-corrected chi connectivity index (χ2v) is 5.66. The van der Waals surface area contributed by atoms with Crippen LogP contribution < -0.4 is 0 Å². The van der Waals surface area contributed by atoms with Gasteiger partial charge >= 0.3 is 6.18 Å². The second kappa shape index (κ2) is 5.01. The summed E-state index contributed by atoms with van der Waals surface area (Å²) in [6.45, 7) is 0. The first kappa shape index (κ1) is 14.1. The van der Waals surface area contributed by atoms with Crippen molar-refractivity contribution in [3.63, 3.8) is 0 Å². The molecule has 3 nitrogen and oxygen atoms in total. The lowest BCUT2D eigenvalue weighted by Crippen LogP contribution is -2.07. The van der Waals surface area contributed by atoms with Gasteiger partial charge in [0.05, 0.1) is 12.0 Å². The Morgan fingerprint density at radius 1 is 1.09 bits per heavy atom. The van der Waals surface area contributed by atoms with Gasteiger partial charge in [0.15, 0.2) is 5.69 Å². The number of hydrogen-bond donors (Lipinski definition) is 0. The molecule has 0 N–H and O–H groups in total. The summed E-state index contributed by atoms with van der Waals surface area (Å²) in [5.41, 5.74) is 1.28. The molecule has 1 aliphatic carbocycles. The van der Waals surface area contributed by atoms with Crippen LogP contribution >= 0.6 is 0 Å². The topological polar surface area (TPSA) is 31.0 Å². The van der Waals surface area contributed by atoms with E-state index in [4.69, 9.17) is 4.42 Å². The van der Waals surface area contributed by atoms with Crippen molar-refractivity contribution in [1.29, 1.82) is 0 Å². The molecule has 4 rings (SSSR count). The van der Waals surface area contributed by atoms with Gasteiger partial charge in [-0.15, -0.1) is 0 Å². The lowest BCUT2D eigenvalue weighted by atomic mass is 10.1. The van der Waals surface area contributed by atoms with Gasteiger partial charge in [0.2, 0.25) is 0 Å². The molecule has 3 aromatic rings. The summed E-state index contributed by atoms with van der Waals surface area (Å²) in [6.07, 6.45) is -1.03. The molecule has 118 valence electrons. The molecule has 0 saturated heterocycles. The van der Waals surface area contributed by atoms with Crippen molar-refractivity contribution in [3.05, 3.63) is 60.1 Å². The number of furan rings is 1. The zero-order chi connectivity index (χ0) is 16.0. The van der Waals surface area contributed by atoms with Crippen molar-refractivity contribution in [2.75, 3.05) is 0 Å². The van der Waals surface area contributed by atoms with Gasteiger partial charge in [-0.2, -0.15) is 18.3 Å². The third-order valence-electron chi connectivity index (χ3n) is 3.94. The number of aromatic nitrogens is 2. The molecule has 0 unspecified atom stereocenters. The van der Waals surface area contributed by atoms with Crippen LogP contribution in [0.2, 0.25) is 0 Å². The summed E-state index contributed by atoms with van der Waals surface area (Å²) < 4.78 is 45.6. The van der Waals surface area contributed by atoms with Crippen LogP contribution in [0.5, 0.6) is 0 Å². The van der Waals surface area contributed by atoms with Crippen LogP contribution in [-0.2, 0) is 6.18 Å². The number of alkyl halides is 3. The average Bonchev–Trinajstić information content (AvgIpc) is 3.04. The summed E-state index contributed by atoms with van der Waals surface area (Å²) in [7, 11) is 0. The minimum atomic E-state index is -4.43. The second-order valence-electron chi connectivity index (χ2n) is 5.66. The first-order valence-corrected chi connectivity index (χ1v) is 7.34. The first-order valence-electron chi connectivity index (χ1n) is 7.34.